The van der Waals surface area contributed by atoms with E-state index in [2.05, 4.69) is 20.0 Å². The van der Waals surface area contributed by atoms with Crippen molar-refractivity contribution in [1.29, 1.82) is 0 Å². The highest BCUT2D eigenvalue weighted by atomic mass is 32.2. The zero-order chi connectivity index (χ0) is 19.3. The molecule has 1 aromatic carbocycles. The Morgan fingerprint density at radius 1 is 1.14 bits per heavy atom. The van der Waals surface area contributed by atoms with Gasteiger partial charge in [-0.3, -0.25) is 9.78 Å². The van der Waals surface area contributed by atoms with E-state index in [0.29, 0.717) is 18.3 Å². The average molecular weight is 397 g/mol. The van der Waals surface area contributed by atoms with Crippen LogP contribution < -0.4 is 10.0 Å². The van der Waals surface area contributed by atoms with Crippen LogP contribution in [-0.2, 0) is 17.5 Å². The van der Waals surface area contributed by atoms with Gasteiger partial charge in [0, 0.05) is 35.9 Å². The van der Waals surface area contributed by atoms with Gasteiger partial charge in [0.1, 0.15) is 16.7 Å². The molecule has 0 spiro atoms. The van der Waals surface area contributed by atoms with Crippen molar-refractivity contribution in [3.05, 3.63) is 60.0 Å². The molecule has 0 bridgehead atoms. The molecule has 2 aromatic heterocycles. The number of amides is 1. The van der Waals surface area contributed by atoms with Crippen molar-refractivity contribution >= 4 is 27.8 Å². The smallest absolute Gasteiger partial charge is 0.267 e. The molecule has 6 nitrogen and oxygen atoms in total. The Hall–Kier alpha value is -2.51. The topological polar surface area (TPSA) is 86.9 Å². The quantitative estimate of drug-likeness (QED) is 0.596. The summed E-state index contributed by atoms with van der Waals surface area (Å²) in [7, 11) is -1.19. The zero-order valence-electron chi connectivity index (χ0n) is 15.6. The maximum Gasteiger partial charge on any atom is 0.267 e. The number of nitrogens with zero attached hydrogens (tertiary/aromatic N) is 1. The lowest BCUT2D eigenvalue weighted by atomic mass is 9.96. The van der Waals surface area contributed by atoms with E-state index in [1.54, 1.807) is 18.5 Å². The van der Waals surface area contributed by atoms with Crippen molar-refractivity contribution in [3.63, 3.8) is 0 Å². The summed E-state index contributed by atoms with van der Waals surface area (Å²) in [5.41, 5.74) is 2.36. The summed E-state index contributed by atoms with van der Waals surface area (Å²) in [4.78, 5) is 20.3. The highest BCUT2D eigenvalue weighted by Crippen LogP contribution is 2.19. The number of fused-ring (bicyclic) bond motifs is 1. The molecule has 1 unspecified atom stereocenters. The minimum absolute atomic E-state index is 0.164. The van der Waals surface area contributed by atoms with Gasteiger partial charge in [0.2, 0.25) is 0 Å². The normalized spacial score (nSPS) is 16.1. The highest BCUT2D eigenvalue weighted by molar-refractivity contribution is 7.83. The maximum absolute atomic E-state index is 12.5. The van der Waals surface area contributed by atoms with Gasteiger partial charge in [-0.1, -0.05) is 31.4 Å². The number of aromatic nitrogens is 2. The first-order valence-electron chi connectivity index (χ1n) is 9.67. The molecule has 3 N–H and O–H groups in total. The van der Waals surface area contributed by atoms with Crippen molar-refractivity contribution in [2.45, 2.75) is 49.6 Å². The average Bonchev–Trinajstić information content (AvgIpc) is 3.17. The Labute approximate surface area is 166 Å². The number of H-pyrrole nitrogens is 1. The van der Waals surface area contributed by atoms with Crippen LogP contribution >= 0.6 is 0 Å². The lowest BCUT2D eigenvalue weighted by Crippen LogP contribution is -2.32. The Kier molecular flexibility index (Phi) is 5.83. The van der Waals surface area contributed by atoms with E-state index in [1.807, 2.05) is 30.3 Å². The van der Waals surface area contributed by atoms with Crippen molar-refractivity contribution in [2.75, 3.05) is 0 Å². The standard InChI is InChI=1S/C21H24N4O2S/c26-21(20-12-16-14-22-11-10-19(16)24-20)23-13-15-6-8-18(9-7-15)28(27)25-17-4-2-1-3-5-17/h6-12,14,17,24-25H,1-5,13H2,(H,23,26). The van der Waals surface area contributed by atoms with Crippen LogP contribution in [0.2, 0.25) is 0 Å². The minimum atomic E-state index is -1.19. The second kappa shape index (κ2) is 8.67. The lowest BCUT2D eigenvalue weighted by molar-refractivity contribution is 0.0946. The highest BCUT2D eigenvalue weighted by Gasteiger charge is 2.16. The molecule has 0 radical (unpaired) electrons. The molecule has 28 heavy (non-hydrogen) atoms. The molecule has 1 aliphatic rings. The van der Waals surface area contributed by atoms with E-state index in [-0.39, 0.29) is 5.91 Å². The van der Waals surface area contributed by atoms with Gasteiger partial charge in [0.25, 0.3) is 5.91 Å². The fourth-order valence-electron chi connectivity index (χ4n) is 3.54. The van der Waals surface area contributed by atoms with Crippen molar-refractivity contribution in [1.82, 2.24) is 20.0 Å². The van der Waals surface area contributed by atoms with E-state index >= 15 is 0 Å². The summed E-state index contributed by atoms with van der Waals surface area (Å²) in [5, 5.41) is 3.82. The zero-order valence-corrected chi connectivity index (χ0v) is 16.4. The number of rotatable bonds is 6. The van der Waals surface area contributed by atoms with Gasteiger partial charge in [0.15, 0.2) is 0 Å². The molecular weight excluding hydrogens is 372 g/mol. The summed E-state index contributed by atoms with van der Waals surface area (Å²) in [6.07, 6.45) is 9.30. The maximum atomic E-state index is 12.5. The predicted octanol–water partition coefficient (Wildman–Crippen LogP) is 3.44. The fourth-order valence-corrected chi connectivity index (χ4v) is 4.60. The van der Waals surface area contributed by atoms with E-state index in [4.69, 9.17) is 0 Å². The number of carbonyl (C=O) groups is 1. The first-order chi connectivity index (χ1) is 13.7. The van der Waals surface area contributed by atoms with Crippen molar-refractivity contribution in [3.8, 4) is 0 Å². The summed E-state index contributed by atoms with van der Waals surface area (Å²) in [6, 6.07) is 11.5. The summed E-state index contributed by atoms with van der Waals surface area (Å²) in [6.45, 7) is 0.412. The second-order valence-corrected chi connectivity index (χ2v) is 8.44. The summed E-state index contributed by atoms with van der Waals surface area (Å²) in [5.74, 6) is -0.164. The Morgan fingerprint density at radius 3 is 2.68 bits per heavy atom. The van der Waals surface area contributed by atoms with Crippen molar-refractivity contribution < 1.29 is 9.00 Å². The number of hydrogen-bond donors (Lipinski definition) is 3. The van der Waals surface area contributed by atoms with Gasteiger partial charge in [-0.15, -0.1) is 0 Å². The number of carbonyl (C=O) groups excluding carboxylic acids is 1. The Morgan fingerprint density at radius 2 is 1.93 bits per heavy atom. The molecule has 1 aliphatic carbocycles. The van der Waals surface area contributed by atoms with Gasteiger partial charge in [-0.05, 0) is 42.7 Å². The van der Waals surface area contributed by atoms with Crippen LogP contribution in [0.4, 0.5) is 0 Å². The third kappa shape index (κ3) is 4.48. The van der Waals surface area contributed by atoms with E-state index in [1.165, 1.54) is 19.3 Å². The number of aromatic amines is 1. The third-order valence-electron chi connectivity index (χ3n) is 5.14. The van der Waals surface area contributed by atoms with Gasteiger partial charge in [0.05, 0.1) is 4.90 Å². The number of nitrogens with one attached hydrogen (secondary N) is 3. The van der Waals surface area contributed by atoms with E-state index < -0.39 is 11.0 Å². The van der Waals surface area contributed by atoms with Crippen LogP contribution in [0.3, 0.4) is 0 Å². The number of hydrogen-bond acceptors (Lipinski definition) is 3. The molecule has 1 fully saturated rings. The van der Waals surface area contributed by atoms with Crippen LogP contribution in [0, 0.1) is 0 Å². The number of benzene rings is 1. The minimum Gasteiger partial charge on any atom is -0.350 e. The second-order valence-electron chi connectivity index (χ2n) is 7.19. The monoisotopic (exact) mass is 396 g/mol. The first kappa shape index (κ1) is 18.8. The summed E-state index contributed by atoms with van der Waals surface area (Å²) < 4.78 is 15.7. The van der Waals surface area contributed by atoms with Crippen molar-refractivity contribution in [2.24, 2.45) is 0 Å². The molecule has 1 saturated carbocycles. The molecule has 0 saturated heterocycles. The molecule has 146 valence electrons. The molecular formula is C21H24N4O2S. The Bertz CT molecular complexity index is 944. The Balaban J connectivity index is 1.32. The summed E-state index contributed by atoms with van der Waals surface area (Å²) >= 11 is 0. The van der Waals surface area contributed by atoms with Crippen LogP contribution in [0.1, 0.15) is 48.2 Å². The van der Waals surface area contributed by atoms with Gasteiger partial charge >= 0.3 is 0 Å². The first-order valence-corrected chi connectivity index (χ1v) is 10.8. The largest absolute Gasteiger partial charge is 0.350 e. The molecule has 1 amide bonds. The molecule has 2 heterocycles. The third-order valence-corrected chi connectivity index (χ3v) is 6.38. The predicted molar refractivity (Wildman–Crippen MR) is 110 cm³/mol. The van der Waals surface area contributed by atoms with Gasteiger partial charge < -0.3 is 10.3 Å². The molecule has 1 atom stereocenters. The van der Waals surface area contributed by atoms with E-state index in [0.717, 1.165) is 34.2 Å². The number of pyridine rings is 1. The van der Waals surface area contributed by atoms with Crippen LogP contribution in [-0.4, -0.2) is 26.1 Å². The van der Waals surface area contributed by atoms with E-state index in [9.17, 15) is 9.00 Å². The lowest BCUT2D eigenvalue weighted by Gasteiger charge is -2.22. The molecule has 7 heteroatoms. The van der Waals surface area contributed by atoms with Gasteiger partial charge in [-0.2, -0.15) is 0 Å². The van der Waals surface area contributed by atoms with Crippen LogP contribution in [0.5, 0.6) is 0 Å². The van der Waals surface area contributed by atoms with Crippen LogP contribution in [0.25, 0.3) is 10.9 Å². The fraction of sp³-hybridized carbons (Fsp3) is 0.333. The SMILES string of the molecule is O=C(NCc1ccc(S(=O)NC2CCCCC2)cc1)c1cc2cnccc2[nH]1. The van der Waals surface area contributed by atoms with Crippen LogP contribution in [0.15, 0.2) is 53.7 Å². The molecule has 3 aromatic rings. The molecule has 0 aliphatic heterocycles. The van der Waals surface area contributed by atoms with Gasteiger partial charge in [-0.25, -0.2) is 8.93 Å². The molecule has 4 rings (SSSR count).